The van der Waals surface area contributed by atoms with E-state index >= 15 is 0 Å². The van der Waals surface area contributed by atoms with E-state index in [0.29, 0.717) is 12.6 Å². The zero-order valence-electron chi connectivity index (χ0n) is 28.9. The molecule has 4 aliphatic rings. The molecule has 4 N–H and O–H groups in total. The van der Waals surface area contributed by atoms with Gasteiger partial charge >= 0.3 is 0 Å². The number of hydrogen-bond acceptors (Lipinski definition) is 7. The van der Waals surface area contributed by atoms with Crippen molar-refractivity contribution < 1.29 is 27.6 Å². The van der Waals surface area contributed by atoms with Gasteiger partial charge < -0.3 is 15.5 Å². The van der Waals surface area contributed by atoms with Gasteiger partial charge in [0.05, 0.1) is 18.5 Å². The topological polar surface area (TPSA) is 154 Å². The van der Waals surface area contributed by atoms with Gasteiger partial charge in [0.25, 0.3) is 0 Å². The number of nitrogens with one attached hydrogen (secondary N) is 4. The van der Waals surface area contributed by atoms with Crippen LogP contribution in [0, 0.1) is 29.1 Å². The molecule has 46 heavy (non-hydrogen) atoms. The number of nitrogens with zero attached hydrogens (tertiary/aromatic N) is 1. The summed E-state index contributed by atoms with van der Waals surface area (Å²) in [6.07, 6.45) is 12.3. The number of sulfonamides is 1. The molecule has 7 atom stereocenters. The van der Waals surface area contributed by atoms with Crippen molar-refractivity contribution in [3.05, 3.63) is 0 Å². The standard InChI is InChI=1S/C34H59N5O6S/c1-7-12-28(35-24-17-18-24)36-32(42)29-25-16-11-15-23(25)20-39(29)33(43)30(34(3,4)5)37-31(41)26(22-13-9-8-10-14-22)19-27(40)21(2)38-46(6,44)45/h21-26,28-30,35,38H,7-20H2,1-6H3,(H,36,42)(H,37,41)/t21-,23+,25+,26+,28+,29+,30-/m1/s1. The molecule has 4 fully saturated rings. The summed E-state index contributed by atoms with van der Waals surface area (Å²) in [5, 5.41) is 9.86. The maximum atomic E-state index is 14.5. The van der Waals surface area contributed by atoms with Crippen molar-refractivity contribution in [3.63, 3.8) is 0 Å². The molecule has 1 saturated heterocycles. The average molecular weight is 666 g/mol. The number of Topliss-reactive ketones (excluding diaryl/α,β-unsaturated/α-hetero) is 1. The van der Waals surface area contributed by atoms with Crippen LogP contribution in [0.25, 0.3) is 0 Å². The van der Waals surface area contributed by atoms with Crippen molar-refractivity contribution in [2.45, 2.75) is 148 Å². The van der Waals surface area contributed by atoms with Gasteiger partial charge in [-0.2, -0.15) is 0 Å². The van der Waals surface area contributed by atoms with Crippen LogP contribution in [0.15, 0.2) is 0 Å². The third kappa shape index (κ3) is 9.75. The Hall–Kier alpha value is -2.05. The van der Waals surface area contributed by atoms with Crippen LogP contribution < -0.4 is 20.7 Å². The summed E-state index contributed by atoms with van der Waals surface area (Å²) in [4.78, 5) is 57.6. The second-order valence-corrected chi connectivity index (χ2v) is 17.5. The molecular weight excluding hydrogens is 606 g/mol. The maximum Gasteiger partial charge on any atom is 0.246 e. The van der Waals surface area contributed by atoms with Gasteiger partial charge in [-0.25, -0.2) is 13.1 Å². The Bertz CT molecular complexity index is 1210. The van der Waals surface area contributed by atoms with E-state index in [1.54, 1.807) is 4.90 Å². The minimum Gasteiger partial charge on any atom is -0.344 e. The molecule has 0 aromatic heterocycles. The van der Waals surface area contributed by atoms with E-state index in [-0.39, 0.29) is 53.8 Å². The third-order valence-corrected chi connectivity index (χ3v) is 11.4. The first-order valence-electron chi connectivity index (χ1n) is 17.8. The molecule has 3 aliphatic carbocycles. The molecule has 4 rings (SSSR count). The molecule has 262 valence electrons. The fraction of sp³-hybridized carbons (Fsp3) is 0.882. The summed E-state index contributed by atoms with van der Waals surface area (Å²) in [6.45, 7) is 9.84. The van der Waals surface area contributed by atoms with Crippen LogP contribution in [0.3, 0.4) is 0 Å². The molecule has 11 nitrogen and oxygen atoms in total. The Labute approximate surface area is 276 Å². The first kappa shape index (κ1) is 36.8. The van der Waals surface area contributed by atoms with Gasteiger partial charge in [-0.3, -0.25) is 24.5 Å². The van der Waals surface area contributed by atoms with Gasteiger partial charge in [0.2, 0.25) is 27.7 Å². The number of fused-ring (bicyclic) bond motifs is 1. The van der Waals surface area contributed by atoms with Crippen LogP contribution in [0.4, 0.5) is 0 Å². The van der Waals surface area contributed by atoms with E-state index < -0.39 is 39.5 Å². The summed E-state index contributed by atoms with van der Waals surface area (Å²) >= 11 is 0. The molecule has 1 heterocycles. The first-order valence-corrected chi connectivity index (χ1v) is 19.7. The Kier molecular flexibility index (Phi) is 12.4. The highest BCUT2D eigenvalue weighted by molar-refractivity contribution is 7.88. The number of carbonyl (C=O) groups excluding carboxylic acids is 4. The van der Waals surface area contributed by atoms with Gasteiger partial charge in [0.1, 0.15) is 12.1 Å². The smallest absolute Gasteiger partial charge is 0.246 e. The number of hydrogen-bond donors (Lipinski definition) is 4. The largest absolute Gasteiger partial charge is 0.344 e. The number of ketones is 1. The van der Waals surface area contributed by atoms with Gasteiger partial charge in [-0.05, 0) is 75.0 Å². The van der Waals surface area contributed by atoms with Crippen molar-refractivity contribution >= 4 is 33.5 Å². The van der Waals surface area contributed by atoms with Crippen molar-refractivity contribution in [2.75, 3.05) is 12.8 Å². The number of amides is 3. The Morgan fingerprint density at radius 2 is 1.59 bits per heavy atom. The van der Waals surface area contributed by atoms with E-state index in [0.717, 1.165) is 83.3 Å². The number of carbonyl (C=O) groups is 4. The minimum absolute atomic E-state index is 0.0296. The van der Waals surface area contributed by atoms with Crippen molar-refractivity contribution in [2.24, 2.45) is 29.1 Å². The third-order valence-electron chi connectivity index (χ3n) is 10.6. The van der Waals surface area contributed by atoms with Crippen LogP contribution in [0.5, 0.6) is 0 Å². The molecule has 0 unspecified atom stereocenters. The summed E-state index contributed by atoms with van der Waals surface area (Å²) in [5.41, 5.74) is -0.657. The summed E-state index contributed by atoms with van der Waals surface area (Å²) < 4.78 is 25.9. The molecule has 0 radical (unpaired) electrons. The van der Waals surface area contributed by atoms with Crippen molar-refractivity contribution in [1.82, 2.24) is 25.6 Å². The lowest BCUT2D eigenvalue weighted by Crippen LogP contribution is -2.60. The predicted octanol–water partition coefficient (Wildman–Crippen LogP) is 3.23. The second-order valence-electron chi connectivity index (χ2n) is 15.7. The Balaban J connectivity index is 1.54. The van der Waals surface area contributed by atoms with Crippen LogP contribution in [-0.2, 0) is 29.2 Å². The van der Waals surface area contributed by atoms with Crippen LogP contribution in [0.2, 0.25) is 0 Å². The average Bonchev–Trinajstić information content (AvgIpc) is 3.53. The molecule has 0 aromatic rings. The lowest BCUT2D eigenvalue weighted by Gasteiger charge is -2.38. The summed E-state index contributed by atoms with van der Waals surface area (Å²) in [5.74, 6) is -1.41. The fourth-order valence-electron chi connectivity index (χ4n) is 8.00. The predicted molar refractivity (Wildman–Crippen MR) is 178 cm³/mol. The number of rotatable bonds is 15. The lowest BCUT2D eigenvalue weighted by molar-refractivity contribution is -0.146. The maximum absolute atomic E-state index is 14.5. The van der Waals surface area contributed by atoms with Gasteiger partial charge in [0.15, 0.2) is 5.78 Å². The monoisotopic (exact) mass is 665 g/mol. The molecule has 12 heteroatoms. The molecule has 0 bridgehead atoms. The van der Waals surface area contributed by atoms with Gasteiger partial charge in [-0.1, -0.05) is 59.8 Å². The highest BCUT2D eigenvalue weighted by Gasteiger charge is 2.52. The molecule has 0 aromatic carbocycles. The Morgan fingerprint density at radius 1 is 0.913 bits per heavy atom. The highest BCUT2D eigenvalue weighted by atomic mass is 32.2. The van der Waals surface area contributed by atoms with Crippen molar-refractivity contribution in [3.8, 4) is 0 Å². The lowest BCUT2D eigenvalue weighted by atomic mass is 9.76. The van der Waals surface area contributed by atoms with Gasteiger partial charge in [-0.15, -0.1) is 0 Å². The molecule has 3 saturated carbocycles. The van der Waals surface area contributed by atoms with Crippen LogP contribution >= 0.6 is 0 Å². The summed E-state index contributed by atoms with van der Waals surface area (Å²) in [6, 6.07) is -1.99. The van der Waals surface area contributed by atoms with E-state index in [4.69, 9.17) is 0 Å². The minimum atomic E-state index is -3.60. The zero-order chi connectivity index (χ0) is 33.8. The zero-order valence-corrected chi connectivity index (χ0v) is 29.7. The van der Waals surface area contributed by atoms with Crippen LogP contribution in [-0.4, -0.2) is 80.0 Å². The first-order chi connectivity index (χ1) is 21.6. The normalized spacial score (nSPS) is 26.6. The van der Waals surface area contributed by atoms with E-state index in [2.05, 4.69) is 27.6 Å². The summed E-state index contributed by atoms with van der Waals surface area (Å²) in [7, 11) is -3.60. The molecular formula is C34H59N5O6S. The van der Waals surface area contributed by atoms with E-state index in [9.17, 15) is 27.6 Å². The van der Waals surface area contributed by atoms with Crippen LogP contribution in [0.1, 0.15) is 118 Å². The highest BCUT2D eigenvalue weighted by Crippen LogP contribution is 2.43. The fourth-order valence-corrected chi connectivity index (χ4v) is 8.77. The molecule has 1 aliphatic heterocycles. The van der Waals surface area contributed by atoms with E-state index in [1.807, 2.05) is 20.8 Å². The van der Waals surface area contributed by atoms with Gasteiger partial charge in [0, 0.05) is 24.9 Å². The Morgan fingerprint density at radius 3 is 2.17 bits per heavy atom. The van der Waals surface area contributed by atoms with E-state index in [1.165, 1.54) is 6.92 Å². The molecule has 0 spiro atoms. The SMILES string of the molecule is CCC[C@H](NC(=O)[C@@H]1[C@H]2CCC[C@H]2CN1C(=O)[C@@H](NC(=O)[C@@H](CC(=O)[C@@H](C)NS(C)(=O)=O)C1CCCCC1)C(C)(C)C)NC1CC1. The molecule has 3 amide bonds. The number of likely N-dealkylation sites (tertiary alicyclic amines) is 1. The van der Waals surface area contributed by atoms with Crippen molar-refractivity contribution in [1.29, 1.82) is 0 Å². The quantitative estimate of drug-likeness (QED) is 0.196. The second kappa shape index (κ2) is 15.4.